The van der Waals surface area contributed by atoms with Gasteiger partial charge in [-0.25, -0.2) is 9.36 Å². The quantitative estimate of drug-likeness (QED) is 0.308. The number of aromatic nitrogens is 2. The normalized spacial score (nSPS) is 12.1. The first-order chi connectivity index (χ1) is 8.71. The molecule has 0 amide bonds. The second kappa shape index (κ2) is 7.69. The fourth-order valence-electron chi connectivity index (χ4n) is 1.79. The van der Waals surface area contributed by atoms with Crippen LogP contribution in [0.5, 0.6) is 0 Å². The second-order valence-corrected chi connectivity index (χ2v) is 4.28. The molecule has 0 N–H and O–H groups in total. The highest BCUT2D eigenvalue weighted by Gasteiger charge is 2.19. The molecule has 0 aliphatic rings. The fourth-order valence-corrected chi connectivity index (χ4v) is 1.79. The van der Waals surface area contributed by atoms with E-state index in [1.54, 1.807) is 0 Å². The first-order valence-corrected chi connectivity index (χ1v) is 6.60. The molecule has 4 heteroatoms. The van der Waals surface area contributed by atoms with Crippen molar-refractivity contribution in [3.05, 3.63) is 31.4 Å². The maximum absolute atomic E-state index is 11.3. The average molecular weight is 251 g/mol. The highest BCUT2D eigenvalue weighted by molar-refractivity contribution is 5.81. The summed E-state index contributed by atoms with van der Waals surface area (Å²) in [7, 11) is 0. The number of esters is 1. The minimum Gasteiger partial charge on any atom is -0.419 e. The molecule has 100 valence electrons. The molecule has 4 nitrogen and oxygen atoms in total. The minimum absolute atomic E-state index is 0.227. The molecule has 0 aliphatic heterocycles. The molecule has 1 heterocycles. The van der Waals surface area contributed by atoms with Crippen molar-refractivity contribution in [3.63, 3.8) is 0 Å². The zero-order valence-corrected chi connectivity index (χ0v) is 11.3. The van der Waals surface area contributed by atoms with E-state index < -0.39 is 0 Å². The van der Waals surface area contributed by atoms with Crippen LogP contribution in [-0.2, 0) is 16.1 Å². The van der Waals surface area contributed by atoms with Gasteiger partial charge in [-0.1, -0.05) is 26.3 Å². The van der Waals surface area contributed by atoms with Crippen molar-refractivity contribution in [2.45, 2.75) is 52.3 Å². The van der Waals surface area contributed by atoms with Crippen molar-refractivity contribution in [2.75, 3.05) is 0 Å². The number of carbonyl (C=O) groups is 1. The average Bonchev–Trinajstić information content (AvgIpc) is 2.86. The smallest absolute Gasteiger partial charge is 0.333 e. The highest BCUT2D eigenvalue weighted by atomic mass is 16.6. The maximum atomic E-state index is 11.3. The van der Waals surface area contributed by atoms with Crippen molar-refractivity contribution in [3.8, 4) is 0 Å². The van der Waals surface area contributed by atoms with Gasteiger partial charge < -0.3 is 4.74 Å². The Morgan fingerprint density at radius 3 is 2.83 bits per heavy atom. The van der Waals surface area contributed by atoms with Gasteiger partial charge in [0.1, 0.15) is 12.4 Å². The summed E-state index contributed by atoms with van der Waals surface area (Å²) in [5, 5.41) is 0. The molecule has 0 radical (unpaired) electrons. The summed E-state index contributed by atoms with van der Waals surface area (Å²) in [6.07, 6.45) is 11.1. The number of rotatable bonds is 8. The third-order valence-corrected chi connectivity index (χ3v) is 2.88. The predicted octanol–water partition coefficient (Wildman–Crippen LogP) is 2.60. The van der Waals surface area contributed by atoms with Gasteiger partial charge in [0.15, 0.2) is 0 Å². The topological polar surface area (TPSA) is 35.1 Å². The monoisotopic (exact) mass is 251 g/mol. The number of nitrogens with zero attached hydrogens (tertiary/aromatic N) is 2. The van der Waals surface area contributed by atoms with Gasteiger partial charge in [-0.15, -0.1) is 0 Å². The Labute approximate surface area is 109 Å². The van der Waals surface area contributed by atoms with E-state index in [9.17, 15) is 4.79 Å². The lowest BCUT2D eigenvalue weighted by molar-refractivity contribution is -0.693. The maximum Gasteiger partial charge on any atom is 0.333 e. The van der Waals surface area contributed by atoms with Crippen molar-refractivity contribution >= 4 is 5.97 Å². The third kappa shape index (κ3) is 4.35. The number of ether oxygens (including phenoxy) is 1. The van der Waals surface area contributed by atoms with Gasteiger partial charge in [0.05, 0.1) is 6.54 Å². The Hall–Kier alpha value is -1.58. The summed E-state index contributed by atoms with van der Waals surface area (Å²) in [4.78, 5) is 11.3. The Balaban J connectivity index is 2.68. The van der Waals surface area contributed by atoms with Crippen LogP contribution in [0.3, 0.4) is 0 Å². The third-order valence-electron chi connectivity index (χ3n) is 2.88. The largest absolute Gasteiger partial charge is 0.419 e. The van der Waals surface area contributed by atoms with Crippen LogP contribution < -0.4 is 4.57 Å². The van der Waals surface area contributed by atoms with Gasteiger partial charge in [0.25, 0.3) is 0 Å². The van der Waals surface area contributed by atoms with Crippen LogP contribution in [-0.4, -0.2) is 10.5 Å². The van der Waals surface area contributed by atoms with Crippen LogP contribution in [0.2, 0.25) is 0 Å². The predicted molar refractivity (Wildman–Crippen MR) is 69.8 cm³/mol. The molecule has 1 unspecified atom stereocenters. The molecule has 1 aromatic heterocycles. The lowest BCUT2D eigenvalue weighted by Gasteiger charge is -2.13. The molecule has 0 spiro atoms. The van der Waals surface area contributed by atoms with E-state index in [0.29, 0.717) is 0 Å². The number of unbranched alkanes of at least 4 members (excludes halogenated alkanes) is 2. The van der Waals surface area contributed by atoms with Crippen LogP contribution in [0.15, 0.2) is 31.4 Å². The Morgan fingerprint density at radius 2 is 2.28 bits per heavy atom. The fraction of sp³-hybridized carbons (Fsp3) is 0.571. The lowest BCUT2D eigenvalue weighted by atomic mass is 10.2. The van der Waals surface area contributed by atoms with E-state index in [1.165, 1.54) is 6.08 Å². The van der Waals surface area contributed by atoms with Gasteiger partial charge in [0, 0.05) is 12.5 Å². The number of carbonyl (C=O) groups excluding carboxylic acids is 1. The van der Waals surface area contributed by atoms with Gasteiger partial charge in [-0.3, -0.25) is 0 Å². The Kier molecular flexibility index (Phi) is 6.19. The molecular formula is C14H23N2O2+. The summed E-state index contributed by atoms with van der Waals surface area (Å²) < 4.78 is 9.38. The molecule has 0 saturated carbocycles. The summed E-state index contributed by atoms with van der Waals surface area (Å²) >= 11 is 0. The molecule has 18 heavy (non-hydrogen) atoms. The van der Waals surface area contributed by atoms with Crippen LogP contribution in [0.4, 0.5) is 0 Å². The van der Waals surface area contributed by atoms with Crippen LogP contribution in [0, 0.1) is 0 Å². The summed E-state index contributed by atoms with van der Waals surface area (Å²) in [6, 6.07) is 0. The summed E-state index contributed by atoms with van der Waals surface area (Å²) in [6.45, 7) is 8.58. The van der Waals surface area contributed by atoms with Crippen molar-refractivity contribution < 1.29 is 14.1 Å². The molecule has 0 bridgehead atoms. The lowest BCUT2D eigenvalue weighted by Crippen LogP contribution is -2.29. The van der Waals surface area contributed by atoms with Crippen molar-refractivity contribution in [1.82, 2.24) is 4.57 Å². The van der Waals surface area contributed by atoms with E-state index in [0.717, 1.165) is 32.2 Å². The molecule has 1 rings (SSSR count). The molecule has 1 atom stereocenters. The van der Waals surface area contributed by atoms with E-state index in [4.69, 9.17) is 4.74 Å². The summed E-state index contributed by atoms with van der Waals surface area (Å²) in [5.41, 5.74) is 0. The van der Waals surface area contributed by atoms with Crippen LogP contribution in [0.1, 0.15) is 45.8 Å². The standard InChI is InChI=1S/C14H23N2O2/c1-4-7-8-9-13(18-14(17)5-2)16-11-10-15(6-3)12-16/h5,10-13H,2,4,6-9H2,1,3H3/q+1. The molecule has 0 aliphatic carbocycles. The SMILES string of the molecule is C=CC(=O)OC(CCCCC)n1cc[n+](CC)c1. The Bertz CT molecular complexity index is 385. The van der Waals surface area contributed by atoms with E-state index in [-0.39, 0.29) is 12.2 Å². The van der Waals surface area contributed by atoms with Crippen LogP contribution in [0.25, 0.3) is 0 Å². The molecule has 0 saturated heterocycles. The van der Waals surface area contributed by atoms with E-state index in [1.807, 2.05) is 23.3 Å². The van der Waals surface area contributed by atoms with Crippen molar-refractivity contribution in [1.29, 1.82) is 0 Å². The first-order valence-electron chi connectivity index (χ1n) is 6.60. The van der Waals surface area contributed by atoms with Crippen LogP contribution >= 0.6 is 0 Å². The molecular weight excluding hydrogens is 228 g/mol. The molecule has 0 fully saturated rings. The zero-order valence-electron chi connectivity index (χ0n) is 11.3. The number of aryl methyl sites for hydroxylation is 1. The zero-order chi connectivity index (χ0) is 13.4. The highest BCUT2D eigenvalue weighted by Crippen LogP contribution is 2.17. The number of imidazole rings is 1. The Morgan fingerprint density at radius 1 is 1.50 bits per heavy atom. The van der Waals surface area contributed by atoms with Crippen molar-refractivity contribution in [2.24, 2.45) is 0 Å². The number of hydrogen-bond donors (Lipinski definition) is 0. The molecule has 1 aromatic rings. The molecule has 0 aromatic carbocycles. The van der Waals surface area contributed by atoms with Gasteiger partial charge in [-0.2, -0.15) is 4.57 Å². The van der Waals surface area contributed by atoms with Gasteiger partial charge in [0.2, 0.25) is 12.6 Å². The number of hydrogen-bond acceptors (Lipinski definition) is 2. The van der Waals surface area contributed by atoms with Gasteiger partial charge >= 0.3 is 5.97 Å². The first kappa shape index (κ1) is 14.5. The summed E-state index contributed by atoms with van der Waals surface area (Å²) in [5.74, 6) is -0.367. The van der Waals surface area contributed by atoms with E-state index in [2.05, 4.69) is 25.0 Å². The second-order valence-electron chi connectivity index (χ2n) is 4.28. The van der Waals surface area contributed by atoms with Gasteiger partial charge in [-0.05, 0) is 13.3 Å². The van der Waals surface area contributed by atoms with E-state index >= 15 is 0 Å². The minimum atomic E-state index is -0.367.